The number of carbonyl (C=O) groups is 2. The largest absolute Gasteiger partial charge is 0.268 e. The Morgan fingerprint density at radius 3 is 1.69 bits per heavy atom. The first-order chi connectivity index (χ1) is 20.6. The van der Waals surface area contributed by atoms with Crippen LogP contribution in [0.15, 0.2) is 108 Å². The fourth-order valence-corrected chi connectivity index (χ4v) is 7.29. The summed E-state index contributed by atoms with van der Waals surface area (Å²) < 4.78 is 1.71. The van der Waals surface area contributed by atoms with Gasteiger partial charge >= 0.3 is 0 Å². The molecule has 2 amide bonds. The van der Waals surface area contributed by atoms with Crippen LogP contribution in [0, 0.1) is 0 Å². The first-order valence-electron chi connectivity index (χ1n) is 13.8. The molecule has 0 saturated carbocycles. The van der Waals surface area contributed by atoms with Crippen LogP contribution in [-0.2, 0) is 0 Å². The van der Waals surface area contributed by atoms with Crippen molar-refractivity contribution in [2.45, 2.75) is 0 Å². The highest BCUT2D eigenvalue weighted by atomic mass is 16.2. The zero-order valence-corrected chi connectivity index (χ0v) is 21.9. The van der Waals surface area contributed by atoms with Gasteiger partial charge in [0.2, 0.25) is 0 Å². The average molecular weight is 540 g/mol. The number of pyridine rings is 1. The molecule has 42 heavy (non-hydrogen) atoms. The van der Waals surface area contributed by atoms with Crippen LogP contribution in [0.1, 0.15) is 20.7 Å². The van der Waals surface area contributed by atoms with Crippen LogP contribution >= 0.6 is 0 Å². The van der Waals surface area contributed by atoms with Crippen molar-refractivity contribution in [1.82, 2.24) is 9.38 Å². The van der Waals surface area contributed by atoms with Crippen LogP contribution in [0.4, 0.5) is 5.69 Å². The smallest absolute Gasteiger partial charge is 0.265 e. The van der Waals surface area contributed by atoms with E-state index in [2.05, 4.69) is 6.07 Å². The van der Waals surface area contributed by atoms with E-state index >= 15 is 0 Å². The molecule has 2 aromatic heterocycles. The molecule has 194 valence electrons. The molecule has 6 heteroatoms. The standard InChI is InChI=1S/C36H17N3O3/c40-34-25-16-12-21-19-10-14-23-31-24(36(42)39-28-9-5-4-8-27(28)37-33(23)39)15-11-20(29(19)31)22-13-17-26(32(25)30(21)22)35(41)38(34)18-6-2-1-3-7-18/h1-17H. The van der Waals surface area contributed by atoms with E-state index in [0.29, 0.717) is 33.2 Å². The number of carbonyl (C=O) groups excluding carboxylic acids is 2. The molecule has 10 rings (SSSR count). The average Bonchev–Trinajstić information content (AvgIpc) is 3.42. The maximum Gasteiger partial charge on any atom is 0.265 e. The van der Waals surface area contributed by atoms with Crippen molar-refractivity contribution in [3.63, 3.8) is 0 Å². The van der Waals surface area contributed by atoms with E-state index in [4.69, 9.17) is 4.98 Å². The number of aromatic nitrogens is 2. The van der Waals surface area contributed by atoms with Crippen LogP contribution in [0.5, 0.6) is 0 Å². The molecular weight excluding hydrogens is 522 g/mol. The van der Waals surface area contributed by atoms with E-state index in [0.717, 1.165) is 54.1 Å². The summed E-state index contributed by atoms with van der Waals surface area (Å²) in [7, 11) is 0. The molecule has 0 bridgehead atoms. The monoisotopic (exact) mass is 539 g/mol. The molecule has 1 aliphatic heterocycles. The third-order valence-corrected chi connectivity index (χ3v) is 9.02. The Kier molecular flexibility index (Phi) is 3.78. The lowest BCUT2D eigenvalue weighted by molar-refractivity contribution is 0.0893. The van der Waals surface area contributed by atoms with Gasteiger partial charge in [-0.25, -0.2) is 9.88 Å². The van der Waals surface area contributed by atoms with Gasteiger partial charge in [-0.15, -0.1) is 0 Å². The normalized spacial score (nSPS) is 13.9. The molecule has 0 atom stereocenters. The van der Waals surface area contributed by atoms with E-state index in [1.54, 1.807) is 16.5 Å². The second-order valence-electron chi connectivity index (χ2n) is 11.0. The van der Waals surface area contributed by atoms with Crippen molar-refractivity contribution < 1.29 is 9.59 Å². The van der Waals surface area contributed by atoms with Crippen molar-refractivity contribution in [3.8, 4) is 0 Å². The quantitative estimate of drug-likeness (QED) is 0.125. The Balaban J connectivity index is 1.37. The number of amides is 2. The highest BCUT2D eigenvalue weighted by Crippen LogP contribution is 2.46. The summed E-state index contributed by atoms with van der Waals surface area (Å²) in [5.74, 6) is -0.661. The lowest BCUT2D eigenvalue weighted by Crippen LogP contribution is -2.40. The fourth-order valence-electron chi connectivity index (χ4n) is 7.29. The van der Waals surface area contributed by atoms with Crippen molar-refractivity contribution >= 4 is 88.0 Å². The SMILES string of the molecule is O=C1c2ccc3c4ccc5c(=O)n6c7ccccc7nc6c6ccc(c7ccc(c2c37)C(=O)N1c1ccccc1)c4c56. The van der Waals surface area contributed by atoms with Gasteiger partial charge in [0, 0.05) is 32.7 Å². The predicted octanol–water partition coefficient (Wildman–Crippen LogP) is 7.29. The number of rotatable bonds is 1. The number of imidazole rings is 1. The summed E-state index contributed by atoms with van der Waals surface area (Å²) in [4.78, 5) is 47.7. The summed E-state index contributed by atoms with van der Waals surface area (Å²) in [6, 6.07) is 32.4. The molecule has 3 heterocycles. The molecule has 6 nitrogen and oxygen atoms in total. The molecule has 0 spiro atoms. The summed E-state index contributed by atoms with van der Waals surface area (Å²) in [6.45, 7) is 0. The summed E-state index contributed by atoms with van der Waals surface area (Å²) in [6.07, 6.45) is 0. The van der Waals surface area contributed by atoms with Gasteiger partial charge in [0.1, 0.15) is 5.65 Å². The van der Waals surface area contributed by atoms with E-state index in [9.17, 15) is 14.4 Å². The zero-order chi connectivity index (χ0) is 27.9. The number of fused-ring (bicyclic) bond motifs is 6. The number of anilines is 1. The number of hydrogen-bond donors (Lipinski definition) is 0. The van der Waals surface area contributed by atoms with Crippen molar-refractivity contribution in [2.75, 3.05) is 4.90 Å². The third-order valence-electron chi connectivity index (χ3n) is 9.02. The van der Waals surface area contributed by atoms with E-state index in [-0.39, 0.29) is 17.4 Å². The van der Waals surface area contributed by atoms with Crippen LogP contribution < -0.4 is 10.5 Å². The number of hydrogen-bond acceptors (Lipinski definition) is 4. The molecule has 0 saturated heterocycles. The predicted molar refractivity (Wildman–Crippen MR) is 166 cm³/mol. The minimum atomic E-state index is -0.331. The molecule has 0 N–H and O–H groups in total. The van der Waals surface area contributed by atoms with Crippen LogP contribution in [0.2, 0.25) is 0 Å². The number of benzene rings is 7. The molecule has 1 aliphatic rings. The van der Waals surface area contributed by atoms with Crippen LogP contribution in [0.25, 0.3) is 70.5 Å². The first kappa shape index (κ1) is 21.9. The number of para-hydroxylation sites is 3. The minimum absolute atomic E-state index is 0.0943. The lowest BCUT2D eigenvalue weighted by atomic mass is 9.84. The molecule has 0 unspecified atom stereocenters. The van der Waals surface area contributed by atoms with E-state index < -0.39 is 0 Å². The number of nitrogens with zero attached hydrogens (tertiary/aromatic N) is 3. The lowest BCUT2D eigenvalue weighted by Gasteiger charge is -2.28. The van der Waals surface area contributed by atoms with Crippen molar-refractivity contribution in [2.24, 2.45) is 0 Å². The fraction of sp³-hybridized carbons (Fsp3) is 0. The maximum atomic E-state index is 13.9. The van der Waals surface area contributed by atoms with Crippen LogP contribution in [0.3, 0.4) is 0 Å². The van der Waals surface area contributed by atoms with Gasteiger partial charge in [0.15, 0.2) is 0 Å². The van der Waals surface area contributed by atoms with Gasteiger partial charge in [0.25, 0.3) is 17.4 Å². The van der Waals surface area contributed by atoms with Gasteiger partial charge < -0.3 is 0 Å². The topological polar surface area (TPSA) is 71.7 Å². The Bertz CT molecular complexity index is 2670. The maximum absolute atomic E-state index is 13.9. The Morgan fingerprint density at radius 2 is 1.00 bits per heavy atom. The molecule has 7 aromatic carbocycles. The zero-order valence-electron chi connectivity index (χ0n) is 21.9. The highest BCUT2D eigenvalue weighted by molar-refractivity contribution is 6.43. The Morgan fingerprint density at radius 1 is 0.476 bits per heavy atom. The summed E-state index contributed by atoms with van der Waals surface area (Å²) >= 11 is 0. The second kappa shape index (κ2) is 7.25. The molecule has 0 aliphatic carbocycles. The summed E-state index contributed by atoms with van der Waals surface area (Å²) in [5.41, 5.74) is 3.68. The summed E-state index contributed by atoms with van der Waals surface area (Å²) in [5, 5.41) is 8.86. The van der Waals surface area contributed by atoms with Gasteiger partial charge in [-0.1, -0.05) is 54.6 Å². The number of imide groups is 1. The minimum Gasteiger partial charge on any atom is -0.268 e. The molecule has 0 fully saturated rings. The van der Waals surface area contributed by atoms with Gasteiger partial charge in [-0.3, -0.25) is 18.8 Å². The highest BCUT2D eigenvalue weighted by Gasteiger charge is 2.35. The van der Waals surface area contributed by atoms with E-state index in [1.807, 2.05) is 84.9 Å². The van der Waals surface area contributed by atoms with Crippen LogP contribution in [-0.4, -0.2) is 21.2 Å². The van der Waals surface area contributed by atoms with Crippen molar-refractivity contribution in [3.05, 3.63) is 125 Å². The molecule has 9 aromatic rings. The first-order valence-corrected chi connectivity index (χ1v) is 13.8. The Hall–Kier alpha value is -5.88. The van der Waals surface area contributed by atoms with Crippen molar-refractivity contribution in [1.29, 1.82) is 0 Å². The van der Waals surface area contributed by atoms with Gasteiger partial charge in [0.05, 0.1) is 16.7 Å². The Labute approximate surface area is 236 Å². The molecular formula is C36H17N3O3. The second-order valence-corrected chi connectivity index (χ2v) is 11.0. The van der Waals surface area contributed by atoms with E-state index in [1.165, 1.54) is 4.90 Å². The third kappa shape index (κ3) is 2.39. The molecule has 0 radical (unpaired) electrons. The van der Waals surface area contributed by atoms with Gasteiger partial charge in [-0.05, 0) is 80.8 Å². The van der Waals surface area contributed by atoms with Gasteiger partial charge in [-0.2, -0.15) is 0 Å².